The smallest absolute Gasteiger partial charge is 0.238 e. The number of hydrogen-bond donors (Lipinski definition) is 3. The number of rotatable bonds is 5. The third-order valence-electron chi connectivity index (χ3n) is 3.64. The quantitative estimate of drug-likeness (QED) is 0.778. The number of carbonyl (C=O) groups excluding carboxylic acids is 1. The lowest BCUT2D eigenvalue weighted by Crippen LogP contribution is -2.49. The predicted molar refractivity (Wildman–Crippen MR) is 79.1 cm³/mol. The molecule has 0 atom stereocenters. The highest BCUT2D eigenvalue weighted by molar-refractivity contribution is 9.10. The van der Waals surface area contributed by atoms with Gasteiger partial charge in [-0.25, -0.2) is 0 Å². The summed E-state index contributed by atoms with van der Waals surface area (Å²) in [6.45, 7) is 0.317. The Kier molecular flexibility index (Phi) is 4.96. The molecule has 1 aromatic carbocycles. The van der Waals surface area contributed by atoms with E-state index < -0.39 is 0 Å². The highest BCUT2D eigenvalue weighted by atomic mass is 79.9. The summed E-state index contributed by atoms with van der Waals surface area (Å²) in [4.78, 5) is 11.9. The van der Waals surface area contributed by atoms with Gasteiger partial charge in [0.25, 0.3) is 0 Å². The van der Waals surface area contributed by atoms with Crippen molar-refractivity contribution >= 4 is 27.5 Å². The third kappa shape index (κ3) is 3.78. The van der Waals surface area contributed by atoms with Crippen LogP contribution in [0.1, 0.15) is 25.7 Å². The second kappa shape index (κ2) is 6.50. The SMILES string of the molecule is O=C(CNC1(CO)CCCC1)Nc1ccccc1Br. The molecule has 0 radical (unpaired) electrons. The second-order valence-corrected chi connectivity index (χ2v) is 5.88. The molecule has 5 heteroatoms. The highest BCUT2D eigenvalue weighted by Crippen LogP contribution is 2.29. The number of aliphatic hydroxyl groups excluding tert-OH is 1. The molecule has 1 amide bonds. The van der Waals surface area contributed by atoms with E-state index >= 15 is 0 Å². The van der Waals surface area contributed by atoms with Gasteiger partial charge in [0.2, 0.25) is 5.91 Å². The van der Waals surface area contributed by atoms with Gasteiger partial charge < -0.3 is 15.7 Å². The summed E-state index contributed by atoms with van der Waals surface area (Å²) in [7, 11) is 0. The number of nitrogens with one attached hydrogen (secondary N) is 2. The van der Waals surface area contributed by atoms with Gasteiger partial charge in [0.05, 0.1) is 18.8 Å². The summed E-state index contributed by atoms with van der Waals surface area (Å²) in [5.74, 6) is -0.0911. The first-order chi connectivity index (χ1) is 9.15. The molecule has 1 aromatic rings. The Balaban J connectivity index is 1.86. The molecular weight excluding hydrogens is 308 g/mol. The van der Waals surface area contributed by atoms with Crippen LogP contribution in [0.3, 0.4) is 0 Å². The third-order valence-corrected chi connectivity index (χ3v) is 4.33. The van der Waals surface area contributed by atoms with Gasteiger partial charge in [-0.3, -0.25) is 4.79 Å². The lowest BCUT2D eigenvalue weighted by atomic mass is 9.99. The number of para-hydroxylation sites is 1. The van der Waals surface area contributed by atoms with Crippen LogP contribution in [-0.4, -0.2) is 29.7 Å². The molecule has 0 bridgehead atoms. The fourth-order valence-corrected chi connectivity index (χ4v) is 2.85. The molecule has 19 heavy (non-hydrogen) atoms. The molecule has 104 valence electrons. The van der Waals surface area contributed by atoms with Crippen LogP contribution in [0, 0.1) is 0 Å². The Morgan fingerprint density at radius 3 is 2.63 bits per heavy atom. The Hall–Kier alpha value is -0.910. The lowest BCUT2D eigenvalue weighted by molar-refractivity contribution is -0.115. The van der Waals surface area contributed by atoms with Crippen LogP contribution in [0.25, 0.3) is 0 Å². The van der Waals surface area contributed by atoms with Crippen molar-refractivity contribution in [1.82, 2.24) is 5.32 Å². The molecule has 1 aliphatic carbocycles. The van der Waals surface area contributed by atoms with Crippen molar-refractivity contribution in [3.8, 4) is 0 Å². The van der Waals surface area contributed by atoms with E-state index in [1.807, 2.05) is 24.3 Å². The van der Waals surface area contributed by atoms with Crippen molar-refractivity contribution in [1.29, 1.82) is 0 Å². The van der Waals surface area contributed by atoms with Crippen molar-refractivity contribution in [3.63, 3.8) is 0 Å². The number of aliphatic hydroxyl groups is 1. The largest absolute Gasteiger partial charge is 0.394 e. The van der Waals surface area contributed by atoms with Crippen LogP contribution in [0.2, 0.25) is 0 Å². The van der Waals surface area contributed by atoms with Gasteiger partial charge in [-0.2, -0.15) is 0 Å². The van der Waals surface area contributed by atoms with Crippen LogP contribution < -0.4 is 10.6 Å². The minimum Gasteiger partial charge on any atom is -0.394 e. The molecule has 1 fully saturated rings. The van der Waals surface area contributed by atoms with Crippen LogP contribution in [0.4, 0.5) is 5.69 Å². The molecule has 4 nitrogen and oxygen atoms in total. The fraction of sp³-hybridized carbons (Fsp3) is 0.500. The van der Waals surface area contributed by atoms with E-state index in [1.54, 1.807) is 0 Å². The zero-order valence-electron chi connectivity index (χ0n) is 10.8. The molecule has 1 saturated carbocycles. The van der Waals surface area contributed by atoms with Crippen molar-refractivity contribution in [3.05, 3.63) is 28.7 Å². The first-order valence-electron chi connectivity index (χ1n) is 6.55. The summed E-state index contributed by atoms with van der Waals surface area (Å²) in [5, 5.41) is 15.5. The van der Waals surface area contributed by atoms with E-state index in [9.17, 15) is 9.90 Å². The van der Waals surface area contributed by atoms with Gasteiger partial charge in [-0.15, -0.1) is 0 Å². The van der Waals surface area contributed by atoms with Crippen molar-refractivity contribution in [2.24, 2.45) is 0 Å². The second-order valence-electron chi connectivity index (χ2n) is 5.03. The molecule has 0 aromatic heterocycles. The van der Waals surface area contributed by atoms with Crippen LogP contribution >= 0.6 is 15.9 Å². The number of carbonyl (C=O) groups is 1. The Morgan fingerprint density at radius 2 is 2.00 bits per heavy atom. The summed E-state index contributed by atoms with van der Waals surface area (Å²) < 4.78 is 0.862. The average Bonchev–Trinajstić information content (AvgIpc) is 2.89. The number of halogens is 1. The Bertz CT molecular complexity index is 445. The van der Waals surface area contributed by atoms with E-state index in [2.05, 4.69) is 26.6 Å². The van der Waals surface area contributed by atoms with Crippen LogP contribution in [0.15, 0.2) is 28.7 Å². The maximum atomic E-state index is 11.9. The maximum Gasteiger partial charge on any atom is 0.238 e. The molecule has 0 aliphatic heterocycles. The monoisotopic (exact) mass is 326 g/mol. The number of hydrogen-bond acceptors (Lipinski definition) is 3. The van der Waals surface area contributed by atoms with Crippen molar-refractivity contribution in [2.75, 3.05) is 18.5 Å². The van der Waals surface area contributed by atoms with E-state index in [0.717, 1.165) is 35.8 Å². The number of benzene rings is 1. The summed E-state index contributed by atoms with van der Waals surface area (Å²) >= 11 is 3.39. The van der Waals surface area contributed by atoms with Gasteiger partial charge in [0, 0.05) is 10.0 Å². The highest BCUT2D eigenvalue weighted by Gasteiger charge is 2.32. The van der Waals surface area contributed by atoms with Gasteiger partial charge in [-0.05, 0) is 40.9 Å². The zero-order chi connectivity index (χ0) is 13.7. The molecule has 0 spiro atoms. The number of amides is 1. The van der Waals surface area contributed by atoms with E-state index in [-0.39, 0.29) is 24.6 Å². The van der Waals surface area contributed by atoms with E-state index in [4.69, 9.17) is 0 Å². The molecule has 2 rings (SSSR count). The van der Waals surface area contributed by atoms with Crippen LogP contribution in [-0.2, 0) is 4.79 Å². The number of anilines is 1. The summed E-state index contributed by atoms with van der Waals surface area (Å²) in [6.07, 6.45) is 4.09. The summed E-state index contributed by atoms with van der Waals surface area (Å²) in [6, 6.07) is 7.51. The van der Waals surface area contributed by atoms with Crippen molar-refractivity contribution in [2.45, 2.75) is 31.2 Å². The summed E-state index contributed by atoms with van der Waals surface area (Å²) in [5.41, 5.74) is 0.504. The van der Waals surface area contributed by atoms with Gasteiger partial charge in [-0.1, -0.05) is 25.0 Å². The molecule has 1 aliphatic rings. The average molecular weight is 327 g/mol. The van der Waals surface area contributed by atoms with Crippen molar-refractivity contribution < 1.29 is 9.90 Å². The minimum atomic E-state index is -0.259. The van der Waals surface area contributed by atoms with Crippen LogP contribution in [0.5, 0.6) is 0 Å². The molecular formula is C14H19BrN2O2. The lowest BCUT2D eigenvalue weighted by Gasteiger charge is -2.27. The molecule has 3 N–H and O–H groups in total. The van der Waals surface area contributed by atoms with Gasteiger partial charge in [0.1, 0.15) is 0 Å². The normalized spacial score (nSPS) is 17.4. The van der Waals surface area contributed by atoms with Gasteiger partial charge >= 0.3 is 0 Å². The fourth-order valence-electron chi connectivity index (χ4n) is 2.47. The minimum absolute atomic E-state index is 0.0911. The van der Waals surface area contributed by atoms with E-state index in [0.29, 0.717) is 0 Å². The van der Waals surface area contributed by atoms with Gasteiger partial charge in [0.15, 0.2) is 0 Å². The maximum absolute atomic E-state index is 11.9. The standard InChI is InChI=1S/C14H19BrN2O2/c15-11-5-1-2-6-12(11)17-13(19)9-16-14(10-18)7-3-4-8-14/h1-2,5-6,16,18H,3-4,7-10H2,(H,17,19). The van der Waals surface area contributed by atoms with E-state index in [1.165, 1.54) is 0 Å². The zero-order valence-corrected chi connectivity index (χ0v) is 12.4. The first kappa shape index (κ1) is 14.5. The molecule has 0 unspecified atom stereocenters. The first-order valence-corrected chi connectivity index (χ1v) is 7.35. The Labute approximate surface area is 121 Å². The predicted octanol–water partition coefficient (Wildman–Crippen LogP) is 2.28. The molecule has 0 saturated heterocycles. The molecule has 0 heterocycles. The Morgan fingerprint density at radius 1 is 1.32 bits per heavy atom. The topological polar surface area (TPSA) is 61.4 Å².